The van der Waals surface area contributed by atoms with E-state index in [1.54, 1.807) is 0 Å². The van der Waals surface area contributed by atoms with Crippen LogP contribution < -0.4 is 4.72 Å². The third-order valence-electron chi connectivity index (χ3n) is 3.55. The maximum atomic E-state index is 13.5. The second-order valence-electron chi connectivity index (χ2n) is 5.16. The lowest BCUT2D eigenvalue weighted by Crippen LogP contribution is -2.41. The van der Waals surface area contributed by atoms with E-state index >= 15 is 0 Å². The fraction of sp³-hybridized carbons (Fsp3) is 0.462. The van der Waals surface area contributed by atoms with Crippen molar-refractivity contribution in [1.82, 2.24) is 4.31 Å². The predicted molar refractivity (Wildman–Crippen MR) is 75.9 cm³/mol. The van der Waals surface area contributed by atoms with Crippen molar-refractivity contribution in [2.24, 2.45) is 5.92 Å². The second-order valence-corrected chi connectivity index (χ2v) is 6.83. The molecule has 2 N–H and O–H groups in total. The topological polar surface area (TPSA) is 86.7 Å². The summed E-state index contributed by atoms with van der Waals surface area (Å²) in [6, 6.07) is 3.47. The van der Waals surface area contributed by atoms with Crippen molar-refractivity contribution in [3.8, 4) is 0 Å². The minimum atomic E-state index is -3.88. The first-order valence-electron chi connectivity index (χ1n) is 6.61. The van der Waals surface area contributed by atoms with Crippen molar-refractivity contribution in [3.05, 3.63) is 29.6 Å². The van der Waals surface area contributed by atoms with Crippen LogP contribution in [-0.4, -0.2) is 36.9 Å². The number of carboxylic acid groups (broad SMARTS) is 1. The molecular weight excluding hydrogens is 299 g/mol. The summed E-state index contributed by atoms with van der Waals surface area (Å²) in [7, 11) is -3.88. The summed E-state index contributed by atoms with van der Waals surface area (Å²) in [5.74, 6) is -2.03. The fourth-order valence-corrected chi connectivity index (χ4v) is 3.52. The number of nitrogens with one attached hydrogen (secondary N) is 1. The lowest BCUT2D eigenvalue weighted by molar-refractivity contribution is 0.0693. The van der Waals surface area contributed by atoms with Crippen molar-refractivity contribution >= 4 is 21.9 Å². The molecule has 21 heavy (non-hydrogen) atoms. The van der Waals surface area contributed by atoms with E-state index in [2.05, 4.69) is 4.72 Å². The fourth-order valence-electron chi connectivity index (χ4n) is 2.26. The molecule has 0 radical (unpaired) electrons. The van der Waals surface area contributed by atoms with Crippen molar-refractivity contribution < 1.29 is 22.7 Å². The summed E-state index contributed by atoms with van der Waals surface area (Å²) in [4.78, 5) is 11.1. The van der Waals surface area contributed by atoms with Gasteiger partial charge in [0.05, 0.1) is 5.69 Å². The van der Waals surface area contributed by atoms with E-state index in [1.165, 1.54) is 16.4 Å². The summed E-state index contributed by atoms with van der Waals surface area (Å²) >= 11 is 0. The normalized spacial score (nSPS) is 17.6. The summed E-state index contributed by atoms with van der Waals surface area (Å²) < 4.78 is 41.5. The smallest absolute Gasteiger partial charge is 0.340 e. The van der Waals surface area contributed by atoms with E-state index in [-0.39, 0.29) is 5.69 Å². The Balaban J connectivity index is 2.25. The van der Waals surface area contributed by atoms with Gasteiger partial charge in [0, 0.05) is 13.1 Å². The highest BCUT2D eigenvalue weighted by molar-refractivity contribution is 7.90. The molecule has 0 aliphatic carbocycles. The van der Waals surface area contributed by atoms with Gasteiger partial charge < -0.3 is 5.11 Å². The number of piperidine rings is 1. The molecule has 0 amide bonds. The van der Waals surface area contributed by atoms with Crippen LogP contribution in [-0.2, 0) is 10.2 Å². The maximum Gasteiger partial charge on any atom is 0.340 e. The van der Waals surface area contributed by atoms with Crippen molar-refractivity contribution in [2.75, 3.05) is 17.8 Å². The molecule has 1 aliphatic rings. The summed E-state index contributed by atoms with van der Waals surface area (Å²) in [6.45, 7) is 2.79. The molecule has 1 saturated heterocycles. The number of benzene rings is 1. The zero-order valence-corrected chi connectivity index (χ0v) is 12.4. The number of rotatable bonds is 4. The Morgan fingerprint density at radius 3 is 2.57 bits per heavy atom. The first-order valence-corrected chi connectivity index (χ1v) is 8.05. The lowest BCUT2D eigenvalue weighted by Gasteiger charge is -2.29. The molecule has 1 fully saturated rings. The van der Waals surface area contributed by atoms with Gasteiger partial charge >= 0.3 is 16.2 Å². The van der Waals surface area contributed by atoms with Gasteiger partial charge in [-0.05, 0) is 30.9 Å². The Morgan fingerprint density at radius 1 is 1.38 bits per heavy atom. The molecule has 0 bridgehead atoms. The van der Waals surface area contributed by atoms with Crippen LogP contribution in [0.1, 0.15) is 30.1 Å². The van der Waals surface area contributed by atoms with E-state index in [4.69, 9.17) is 5.11 Å². The second kappa shape index (κ2) is 5.98. The molecular formula is C13H17FN2O4S. The van der Waals surface area contributed by atoms with Crippen molar-refractivity contribution in [1.29, 1.82) is 0 Å². The van der Waals surface area contributed by atoms with Gasteiger partial charge in [0.15, 0.2) is 0 Å². The van der Waals surface area contributed by atoms with Crippen LogP contribution in [0.15, 0.2) is 18.2 Å². The maximum absolute atomic E-state index is 13.5. The standard InChI is InChI=1S/C13H17FN2O4S/c1-9-5-7-16(8-6-9)21(19,20)15-11-4-2-3-10(14)12(11)13(17)18/h2-4,9,15H,5-8H2,1H3,(H,17,18). The van der Waals surface area contributed by atoms with Gasteiger partial charge in [-0.3, -0.25) is 4.72 Å². The molecule has 0 atom stereocenters. The summed E-state index contributed by atoms with van der Waals surface area (Å²) in [5.41, 5.74) is -0.937. The average molecular weight is 316 g/mol. The number of nitrogens with zero attached hydrogens (tertiary/aromatic N) is 1. The number of aromatic carboxylic acids is 1. The van der Waals surface area contributed by atoms with Crippen LogP contribution in [0.4, 0.5) is 10.1 Å². The molecule has 0 saturated carbocycles. The van der Waals surface area contributed by atoms with Crippen LogP contribution in [0.5, 0.6) is 0 Å². The molecule has 0 spiro atoms. The number of anilines is 1. The van der Waals surface area contributed by atoms with Gasteiger partial charge in [0.1, 0.15) is 11.4 Å². The number of hydrogen-bond donors (Lipinski definition) is 2. The quantitative estimate of drug-likeness (QED) is 0.888. The van der Waals surface area contributed by atoms with Gasteiger partial charge in [-0.2, -0.15) is 12.7 Å². The highest BCUT2D eigenvalue weighted by Crippen LogP contribution is 2.23. The minimum absolute atomic E-state index is 0.263. The summed E-state index contributed by atoms with van der Waals surface area (Å²) in [5, 5.41) is 9.00. The van der Waals surface area contributed by atoms with Crippen LogP contribution in [0.2, 0.25) is 0 Å². The van der Waals surface area contributed by atoms with Crippen LogP contribution in [0, 0.1) is 11.7 Å². The molecule has 2 rings (SSSR count). The lowest BCUT2D eigenvalue weighted by atomic mass is 10.0. The van der Waals surface area contributed by atoms with Gasteiger partial charge in [-0.1, -0.05) is 13.0 Å². The number of carboxylic acids is 1. The largest absolute Gasteiger partial charge is 0.478 e. The number of halogens is 1. The molecule has 0 aromatic heterocycles. The molecule has 8 heteroatoms. The first-order chi connectivity index (χ1) is 9.81. The molecule has 1 aromatic carbocycles. The third-order valence-corrected chi connectivity index (χ3v) is 5.07. The van der Waals surface area contributed by atoms with Crippen LogP contribution in [0.25, 0.3) is 0 Å². The van der Waals surface area contributed by atoms with Gasteiger partial charge in [0.2, 0.25) is 0 Å². The van der Waals surface area contributed by atoms with Gasteiger partial charge in [0.25, 0.3) is 0 Å². The summed E-state index contributed by atoms with van der Waals surface area (Å²) in [6.07, 6.45) is 1.49. The molecule has 1 aromatic rings. The predicted octanol–water partition coefficient (Wildman–Crippen LogP) is 1.91. The Morgan fingerprint density at radius 2 is 2.00 bits per heavy atom. The molecule has 0 unspecified atom stereocenters. The van der Waals surface area contributed by atoms with Crippen LogP contribution in [0.3, 0.4) is 0 Å². The van der Waals surface area contributed by atoms with E-state index in [1.807, 2.05) is 6.92 Å². The zero-order chi connectivity index (χ0) is 15.6. The Bertz CT molecular complexity index is 640. The molecule has 1 heterocycles. The number of hydrogen-bond acceptors (Lipinski definition) is 3. The van der Waals surface area contributed by atoms with Crippen molar-refractivity contribution in [3.63, 3.8) is 0 Å². The number of carbonyl (C=O) groups is 1. The highest BCUT2D eigenvalue weighted by Gasteiger charge is 2.28. The van der Waals surface area contributed by atoms with E-state index in [0.717, 1.165) is 18.9 Å². The Kier molecular flexibility index (Phi) is 4.48. The SMILES string of the molecule is CC1CCN(S(=O)(=O)Nc2cccc(F)c2C(=O)O)CC1. The first kappa shape index (κ1) is 15.7. The molecule has 116 valence electrons. The van der Waals surface area contributed by atoms with Crippen LogP contribution >= 0.6 is 0 Å². The third kappa shape index (κ3) is 3.51. The van der Waals surface area contributed by atoms with Gasteiger partial charge in [-0.25, -0.2) is 9.18 Å². The Hall–Kier alpha value is -1.67. The van der Waals surface area contributed by atoms with Crippen molar-refractivity contribution in [2.45, 2.75) is 19.8 Å². The Labute approximate surface area is 122 Å². The van der Waals surface area contributed by atoms with E-state index in [0.29, 0.717) is 19.0 Å². The highest BCUT2D eigenvalue weighted by atomic mass is 32.2. The molecule has 6 nitrogen and oxygen atoms in total. The van der Waals surface area contributed by atoms with E-state index in [9.17, 15) is 17.6 Å². The minimum Gasteiger partial charge on any atom is -0.478 e. The van der Waals surface area contributed by atoms with Gasteiger partial charge in [-0.15, -0.1) is 0 Å². The van der Waals surface area contributed by atoms with E-state index < -0.39 is 27.6 Å². The average Bonchev–Trinajstić information content (AvgIpc) is 2.38. The zero-order valence-electron chi connectivity index (χ0n) is 11.5. The molecule has 1 aliphatic heterocycles. The monoisotopic (exact) mass is 316 g/mol.